The number of anilines is 1. The first-order chi connectivity index (χ1) is 19.5. The fourth-order valence-electron chi connectivity index (χ4n) is 4.33. The summed E-state index contributed by atoms with van der Waals surface area (Å²) in [4.78, 5) is 28.4. The molecule has 1 atom stereocenters. The van der Waals surface area contributed by atoms with E-state index in [1.165, 1.54) is 4.90 Å². The summed E-state index contributed by atoms with van der Waals surface area (Å²) < 4.78 is 37.9. The van der Waals surface area contributed by atoms with Crippen LogP contribution in [0, 0.1) is 0 Å². The zero-order chi connectivity index (χ0) is 30.0. The summed E-state index contributed by atoms with van der Waals surface area (Å²) in [7, 11) is -2.29. The molecular weight excluding hydrogens is 542 g/mol. The first-order valence-corrected chi connectivity index (χ1v) is 15.3. The van der Waals surface area contributed by atoms with E-state index in [0.29, 0.717) is 30.2 Å². The Kier molecular flexibility index (Phi) is 11.2. The smallest absolute Gasteiger partial charge is 0.244 e. The molecule has 41 heavy (non-hydrogen) atoms. The van der Waals surface area contributed by atoms with E-state index in [9.17, 15) is 18.0 Å². The molecule has 0 aliphatic heterocycles. The summed E-state index contributed by atoms with van der Waals surface area (Å²) in [6, 6.07) is 22.5. The number of nitrogens with one attached hydrogen (secondary N) is 1. The Labute approximate surface area is 243 Å². The second-order valence-corrected chi connectivity index (χ2v) is 11.9. The van der Waals surface area contributed by atoms with Gasteiger partial charge in [0, 0.05) is 12.6 Å². The monoisotopic (exact) mass is 581 g/mol. The van der Waals surface area contributed by atoms with Crippen molar-refractivity contribution in [2.75, 3.05) is 24.2 Å². The van der Waals surface area contributed by atoms with Crippen LogP contribution in [0.4, 0.5) is 5.69 Å². The van der Waals surface area contributed by atoms with Gasteiger partial charge in [-0.25, -0.2) is 8.42 Å². The summed E-state index contributed by atoms with van der Waals surface area (Å²) in [6.07, 6.45) is 1.40. The number of carbonyl (C=O) groups is 2. The van der Waals surface area contributed by atoms with Crippen molar-refractivity contribution in [1.29, 1.82) is 0 Å². The Bertz CT molecular complexity index is 1390. The van der Waals surface area contributed by atoms with Gasteiger partial charge < -0.3 is 19.7 Å². The van der Waals surface area contributed by atoms with Crippen LogP contribution in [0.15, 0.2) is 78.9 Å². The van der Waals surface area contributed by atoms with Gasteiger partial charge in [-0.05, 0) is 67.8 Å². The summed E-state index contributed by atoms with van der Waals surface area (Å²) in [6.45, 7) is 5.50. The third-order valence-corrected chi connectivity index (χ3v) is 7.50. The zero-order valence-electron chi connectivity index (χ0n) is 24.2. The van der Waals surface area contributed by atoms with Crippen molar-refractivity contribution >= 4 is 27.5 Å². The maximum atomic E-state index is 13.8. The highest BCUT2D eigenvalue weighted by atomic mass is 32.2. The average Bonchev–Trinajstić information content (AvgIpc) is 2.94. The number of nitrogens with zero attached hydrogens (tertiary/aromatic N) is 2. The summed E-state index contributed by atoms with van der Waals surface area (Å²) in [5, 5.41) is 2.88. The Morgan fingerprint density at radius 2 is 1.56 bits per heavy atom. The standard InChI is InChI=1S/C31H39N3O6S/c1-6-29(31(36)32-23(2)3)33(20-25-13-10-14-28(19-25)39-4)30(35)21-34(41(5,37)38)26-15-17-27(18-16-26)40-22-24-11-8-7-9-12-24/h7-19,23,29H,6,20-22H2,1-5H3,(H,32,36). The minimum Gasteiger partial charge on any atom is -0.497 e. The second kappa shape index (κ2) is 14.5. The van der Waals surface area contributed by atoms with Crippen LogP contribution in [0.2, 0.25) is 0 Å². The molecular formula is C31H39N3O6S. The van der Waals surface area contributed by atoms with Gasteiger partial charge in [0.15, 0.2) is 0 Å². The van der Waals surface area contributed by atoms with Gasteiger partial charge >= 0.3 is 0 Å². The largest absolute Gasteiger partial charge is 0.497 e. The van der Waals surface area contributed by atoms with Crippen LogP contribution in [0.5, 0.6) is 11.5 Å². The molecule has 0 aliphatic rings. The Morgan fingerprint density at radius 1 is 0.902 bits per heavy atom. The maximum Gasteiger partial charge on any atom is 0.244 e. The Morgan fingerprint density at radius 3 is 2.15 bits per heavy atom. The van der Waals surface area contributed by atoms with E-state index in [2.05, 4.69) is 5.32 Å². The van der Waals surface area contributed by atoms with Gasteiger partial charge in [-0.15, -0.1) is 0 Å². The van der Waals surface area contributed by atoms with E-state index in [0.717, 1.165) is 21.7 Å². The van der Waals surface area contributed by atoms with Gasteiger partial charge in [0.1, 0.15) is 30.7 Å². The van der Waals surface area contributed by atoms with Gasteiger partial charge in [-0.2, -0.15) is 0 Å². The van der Waals surface area contributed by atoms with E-state index in [-0.39, 0.29) is 18.5 Å². The molecule has 0 heterocycles. The SMILES string of the molecule is CCC(C(=O)NC(C)C)N(Cc1cccc(OC)c1)C(=O)CN(c1ccc(OCc2ccccc2)cc1)S(C)(=O)=O. The molecule has 1 N–H and O–H groups in total. The fourth-order valence-corrected chi connectivity index (χ4v) is 5.18. The van der Waals surface area contributed by atoms with Crippen LogP contribution in [0.3, 0.4) is 0 Å². The highest BCUT2D eigenvalue weighted by Crippen LogP contribution is 2.24. The normalized spacial score (nSPS) is 12.0. The molecule has 3 aromatic rings. The summed E-state index contributed by atoms with van der Waals surface area (Å²) >= 11 is 0. The van der Waals surface area contributed by atoms with Crippen molar-refractivity contribution in [2.45, 2.75) is 52.4 Å². The molecule has 0 bridgehead atoms. The first kappa shape index (κ1) is 31.5. The maximum absolute atomic E-state index is 13.8. The Balaban J connectivity index is 1.86. The van der Waals surface area contributed by atoms with Gasteiger partial charge in [0.05, 0.1) is 19.1 Å². The number of benzene rings is 3. The third kappa shape index (κ3) is 9.24. The summed E-state index contributed by atoms with van der Waals surface area (Å²) in [5.74, 6) is 0.369. The van der Waals surface area contributed by atoms with Crippen molar-refractivity contribution in [3.63, 3.8) is 0 Å². The van der Waals surface area contributed by atoms with Gasteiger partial charge in [-0.1, -0.05) is 49.4 Å². The highest BCUT2D eigenvalue weighted by molar-refractivity contribution is 7.92. The first-order valence-electron chi connectivity index (χ1n) is 13.5. The minimum absolute atomic E-state index is 0.101. The van der Waals surface area contributed by atoms with Crippen LogP contribution in [0.1, 0.15) is 38.3 Å². The molecule has 220 valence electrons. The van der Waals surface area contributed by atoms with Crippen molar-refractivity contribution in [1.82, 2.24) is 10.2 Å². The molecule has 10 heteroatoms. The second-order valence-electron chi connectivity index (χ2n) is 10.00. The van der Waals surface area contributed by atoms with Crippen molar-refractivity contribution in [3.05, 3.63) is 90.0 Å². The Hall–Kier alpha value is -4.05. The molecule has 3 rings (SSSR count). The number of ether oxygens (including phenoxy) is 2. The molecule has 0 saturated heterocycles. The number of hydrogen-bond donors (Lipinski definition) is 1. The van der Waals surface area contributed by atoms with Crippen molar-refractivity contribution in [2.24, 2.45) is 0 Å². The summed E-state index contributed by atoms with van der Waals surface area (Å²) in [5.41, 5.74) is 2.07. The zero-order valence-corrected chi connectivity index (χ0v) is 25.1. The topological polar surface area (TPSA) is 105 Å². The number of carbonyl (C=O) groups excluding carboxylic acids is 2. The van der Waals surface area contributed by atoms with Crippen LogP contribution in [-0.2, 0) is 32.8 Å². The van der Waals surface area contributed by atoms with Crippen LogP contribution < -0.4 is 19.1 Å². The predicted molar refractivity (Wildman–Crippen MR) is 160 cm³/mol. The number of methoxy groups -OCH3 is 1. The quantitative estimate of drug-likeness (QED) is 0.303. The molecule has 3 aromatic carbocycles. The lowest BCUT2D eigenvalue weighted by atomic mass is 10.1. The van der Waals surface area contributed by atoms with Crippen LogP contribution >= 0.6 is 0 Å². The third-order valence-electron chi connectivity index (χ3n) is 6.36. The number of sulfonamides is 1. The highest BCUT2D eigenvalue weighted by Gasteiger charge is 2.32. The molecule has 0 radical (unpaired) electrons. The lowest BCUT2D eigenvalue weighted by molar-refractivity contribution is -0.140. The average molecular weight is 582 g/mol. The van der Waals surface area contributed by atoms with Gasteiger partial charge in [0.25, 0.3) is 0 Å². The number of amides is 2. The van der Waals surface area contributed by atoms with Gasteiger partial charge in [0.2, 0.25) is 21.8 Å². The van der Waals surface area contributed by atoms with Crippen molar-refractivity contribution in [3.8, 4) is 11.5 Å². The molecule has 9 nitrogen and oxygen atoms in total. The lowest BCUT2D eigenvalue weighted by Gasteiger charge is -2.33. The number of hydrogen-bond acceptors (Lipinski definition) is 6. The molecule has 0 saturated carbocycles. The van der Waals surface area contributed by atoms with E-state index in [1.807, 2.05) is 57.2 Å². The molecule has 1 unspecified atom stereocenters. The van der Waals surface area contributed by atoms with Crippen LogP contribution in [-0.4, -0.2) is 57.1 Å². The molecule has 2 amide bonds. The molecule has 0 aliphatic carbocycles. The van der Waals surface area contributed by atoms with E-state index < -0.39 is 28.5 Å². The molecule has 0 spiro atoms. The number of rotatable bonds is 14. The molecule has 0 fully saturated rings. The minimum atomic E-state index is -3.85. The van der Waals surface area contributed by atoms with E-state index in [1.54, 1.807) is 49.6 Å². The van der Waals surface area contributed by atoms with Crippen molar-refractivity contribution < 1.29 is 27.5 Å². The molecule has 0 aromatic heterocycles. The van der Waals surface area contributed by atoms with E-state index in [4.69, 9.17) is 9.47 Å². The van der Waals surface area contributed by atoms with Gasteiger partial charge in [-0.3, -0.25) is 13.9 Å². The predicted octanol–water partition coefficient (Wildman–Crippen LogP) is 4.37. The van der Waals surface area contributed by atoms with Crippen LogP contribution in [0.25, 0.3) is 0 Å². The lowest BCUT2D eigenvalue weighted by Crippen LogP contribution is -2.53. The fraction of sp³-hybridized carbons (Fsp3) is 0.355. The van der Waals surface area contributed by atoms with E-state index >= 15 is 0 Å².